The van der Waals surface area contributed by atoms with E-state index in [0.717, 1.165) is 6.42 Å². The molecule has 1 aromatic carbocycles. The number of carboxylic acid groups (broad SMARTS) is 1. The lowest BCUT2D eigenvalue weighted by atomic mass is 10.1. The quantitative estimate of drug-likeness (QED) is 0.782. The predicted octanol–water partition coefficient (Wildman–Crippen LogP) is 3.19. The Morgan fingerprint density at radius 2 is 2.26 bits per heavy atom. The molecule has 0 aliphatic heterocycles. The Morgan fingerprint density at radius 3 is 2.95 bits per heavy atom. The molecule has 0 fully saturated rings. The lowest BCUT2D eigenvalue weighted by Gasteiger charge is -2.10. The molecule has 2 N–H and O–H groups in total. The Morgan fingerprint density at radius 1 is 1.53 bits per heavy atom. The van der Waals surface area contributed by atoms with Crippen LogP contribution in [-0.2, 0) is 6.54 Å². The average Bonchev–Trinajstić information content (AvgIpc) is 2.75. The van der Waals surface area contributed by atoms with Gasteiger partial charge in [-0.3, -0.25) is 0 Å². The van der Waals surface area contributed by atoms with Gasteiger partial charge in [0.15, 0.2) is 0 Å². The molecule has 1 heterocycles. The molecule has 4 heteroatoms. The molecule has 4 nitrogen and oxygen atoms in total. The number of benzene rings is 1. The standard InChI is InChI=1S/C15H17NO3/c1-3-6-10(2)16-9-13-14(15(17)18)11-7-4-5-8-12(11)19-13/h3-5,7-8,10,16H,1,6,9H2,2H3,(H,17,18). The van der Waals surface area contributed by atoms with E-state index in [-0.39, 0.29) is 11.6 Å². The number of carboxylic acids is 1. The minimum absolute atomic E-state index is 0.229. The van der Waals surface area contributed by atoms with E-state index in [0.29, 0.717) is 23.3 Å². The highest BCUT2D eigenvalue weighted by molar-refractivity contribution is 6.03. The normalized spacial score (nSPS) is 12.5. The first-order valence-electron chi connectivity index (χ1n) is 6.21. The number of nitrogens with one attached hydrogen (secondary N) is 1. The van der Waals surface area contributed by atoms with Crippen LogP contribution in [0.2, 0.25) is 0 Å². The molecule has 0 spiro atoms. The first-order chi connectivity index (χ1) is 9.13. The van der Waals surface area contributed by atoms with Gasteiger partial charge in [0.25, 0.3) is 0 Å². The number of carbonyl (C=O) groups is 1. The largest absolute Gasteiger partial charge is 0.478 e. The van der Waals surface area contributed by atoms with Gasteiger partial charge in [0, 0.05) is 11.4 Å². The molecule has 2 rings (SSSR count). The van der Waals surface area contributed by atoms with Crippen LogP contribution in [0, 0.1) is 0 Å². The summed E-state index contributed by atoms with van der Waals surface area (Å²) in [5.74, 6) is -0.497. The average molecular weight is 259 g/mol. The van der Waals surface area contributed by atoms with E-state index < -0.39 is 5.97 Å². The van der Waals surface area contributed by atoms with Crippen LogP contribution >= 0.6 is 0 Å². The minimum atomic E-state index is -0.960. The SMILES string of the molecule is C=CCC(C)NCc1oc2ccccc2c1C(=O)O. The van der Waals surface area contributed by atoms with E-state index in [9.17, 15) is 9.90 Å². The second-order valence-corrected chi connectivity index (χ2v) is 4.51. The van der Waals surface area contributed by atoms with Gasteiger partial charge >= 0.3 is 5.97 Å². The minimum Gasteiger partial charge on any atom is -0.478 e. The highest BCUT2D eigenvalue weighted by atomic mass is 16.4. The van der Waals surface area contributed by atoms with Crippen LogP contribution < -0.4 is 5.32 Å². The molecule has 0 aliphatic rings. The maximum atomic E-state index is 11.4. The Balaban J connectivity index is 2.29. The van der Waals surface area contributed by atoms with E-state index in [1.165, 1.54) is 0 Å². The van der Waals surface area contributed by atoms with Gasteiger partial charge in [0.1, 0.15) is 16.9 Å². The van der Waals surface area contributed by atoms with Gasteiger partial charge in [-0.15, -0.1) is 6.58 Å². The fourth-order valence-corrected chi connectivity index (χ4v) is 2.06. The van der Waals surface area contributed by atoms with Gasteiger partial charge in [-0.2, -0.15) is 0 Å². The van der Waals surface area contributed by atoms with Crippen molar-refractivity contribution in [2.45, 2.75) is 25.9 Å². The van der Waals surface area contributed by atoms with Crippen molar-refractivity contribution in [3.8, 4) is 0 Å². The molecule has 19 heavy (non-hydrogen) atoms. The second-order valence-electron chi connectivity index (χ2n) is 4.51. The summed E-state index contributed by atoms with van der Waals surface area (Å²) in [6, 6.07) is 7.40. The summed E-state index contributed by atoms with van der Waals surface area (Å²) in [6.07, 6.45) is 2.65. The maximum Gasteiger partial charge on any atom is 0.339 e. The van der Waals surface area contributed by atoms with E-state index in [1.807, 2.05) is 25.1 Å². The Bertz CT molecular complexity index is 600. The van der Waals surface area contributed by atoms with E-state index in [1.54, 1.807) is 12.1 Å². The summed E-state index contributed by atoms with van der Waals surface area (Å²) in [7, 11) is 0. The van der Waals surface area contributed by atoms with Crippen LogP contribution in [0.3, 0.4) is 0 Å². The number of para-hydroxylation sites is 1. The van der Waals surface area contributed by atoms with Crippen LogP contribution in [0.25, 0.3) is 11.0 Å². The van der Waals surface area contributed by atoms with Crippen LogP contribution in [0.4, 0.5) is 0 Å². The predicted molar refractivity (Wildman–Crippen MR) is 74.3 cm³/mol. The first-order valence-corrected chi connectivity index (χ1v) is 6.21. The number of furan rings is 1. The van der Waals surface area contributed by atoms with Crippen molar-refractivity contribution in [3.05, 3.63) is 48.2 Å². The van der Waals surface area contributed by atoms with Crippen molar-refractivity contribution in [2.24, 2.45) is 0 Å². The van der Waals surface area contributed by atoms with Crippen molar-refractivity contribution < 1.29 is 14.3 Å². The van der Waals surface area contributed by atoms with Gasteiger partial charge in [-0.25, -0.2) is 4.79 Å². The molecule has 0 radical (unpaired) electrons. The van der Waals surface area contributed by atoms with Crippen molar-refractivity contribution >= 4 is 16.9 Å². The zero-order valence-electron chi connectivity index (χ0n) is 10.8. The zero-order valence-corrected chi connectivity index (χ0v) is 10.8. The fraction of sp³-hybridized carbons (Fsp3) is 0.267. The third-order valence-corrected chi connectivity index (χ3v) is 3.01. The zero-order chi connectivity index (χ0) is 13.8. The summed E-state index contributed by atoms with van der Waals surface area (Å²) < 4.78 is 5.62. The molecule has 0 aliphatic carbocycles. The lowest BCUT2D eigenvalue weighted by Crippen LogP contribution is -2.25. The highest BCUT2D eigenvalue weighted by Gasteiger charge is 2.19. The third kappa shape index (κ3) is 2.85. The summed E-state index contributed by atoms with van der Waals surface area (Å²) in [4.78, 5) is 11.4. The lowest BCUT2D eigenvalue weighted by molar-refractivity contribution is 0.0696. The van der Waals surface area contributed by atoms with Gasteiger partial charge in [0.05, 0.1) is 6.54 Å². The number of aromatic carboxylic acids is 1. The summed E-state index contributed by atoms with van der Waals surface area (Å²) in [6.45, 7) is 6.09. The smallest absolute Gasteiger partial charge is 0.339 e. The third-order valence-electron chi connectivity index (χ3n) is 3.01. The van der Waals surface area contributed by atoms with E-state index in [4.69, 9.17) is 4.42 Å². The van der Waals surface area contributed by atoms with Crippen LogP contribution in [0.15, 0.2) is 41.3 Å². The summed E-state index contributed by atoms with van der Waals surface area (Å²) in [5, 5.41) is 13.2. The van der Waals surface area contributed by atoms with E-state index >= 15 is 0 Å². The Hall–Kier alpha value is -2.07. The van der Waals surface area contributed by atoms with Crippen molar-refractivity contribution in [1.29, 1.82) is 0 Å². The molecule has 0 saturated heterocycles. The summed E-state index contributed by atoms with van der Waals surface area (Å²) >= 11 is 0. The van der Waals surface area contributed by atoms with E-state index in [2.05, 4.69) is 11.9 Å². The van der Waals surface area contributed by atoms with Gasteiger partial charge in [0.2, 0.25) is 0 Å². The van der Waals surface area contributed by atoms with Crippen molar-refractivity contribution in [2.75, 3.05) is 0 Å². The van der Waals surface area contributed by atoms with Gasteiger partial charge in [-0.05, 0) is 19.4 Å². The first kappa shape index (κ1) is 13.4. The van der Waals surface area contributed by atoms with Crippen molar-refractivity contribution in [1.82, 2.24) is 5.32 Å². The Kier molecular flexibility index (Phi) is 4.02. The summed E-state index contributed by atoms with van der Waals surface area (Å²) in [5.41, 5.74) is 0.849. The molecular formula is C15H17NO3. The van der Waals surface area contributed by atoms with Crippen molar-refractivity contribution in [3.63, 3.8) is 0 Å². The van der Waals surface area contributed by atoms with Gasteiger partial charge in [-0.1, -0.05) is 24.3 Å². The van der Waals surface area contributed by atoms with Crippen LogP contribution in [-0.4, -0.2) is 17.1 Å². The molecular weight excluding hydrogens is 242 g/mol. The van der Waals surface area contributed by atoms with Crippen LogP contribution in [0.1, 0.15) is 29.5 Å². The molecule has 1 unspecified atom stereocenters. The second kappa shape index (κ2) is 5.71. The van der Waals surface area contributed by atoms with Crippen LogP contribution in [0.5, 0.6) is 0 Å². The molecule has 100 valence electrons. The molecule has 2 aromatic rings. The molecule has 1 atom stereocenters. The molecule has 0 amide bonds. The number of hydrogen-bond donors (Lipinski definition) is 2. The molecule has 1 aromatic heterocycles. The topological polar surface area (TPSA) is 62.5 Å². The monoisotopic (exact) mass is 259 g/mol. The Labute approximate surface area is 111 Å². The number of rotatable bonds is 6. The van der Waals surface area contributed by atoms with Gasteiger partial charge < -0.3 is 14.8 Å². The maximum absolute atomic E-state index is 11.4. The number of hydrogen-bond acceptors (Lipinski definition) is 3. The molecule has 0 bridgehead atoms. The number of fused-ring (bicyclic) bond motifs is 1. The highest BCUT2D eigenvalue weighted by Crippen LogP contribution is 2.25. The fourth-order valence-electron chi connectivity index (χ4n) is 2.06. The molecule has 0 saturated carbocycles.